The molecular formula is C20H24N2O5S2. The van der Waals surface area contributed by atoms with Crippen molar-refractivity contribution in [2.75, 3.05) is 13.7 Å². The Morgan fingerprint density at radius 1 is 1.34 bits per heavy atom. The Bertz CT molecular complexity index is 808. The third-order valence-corrected chi connectivity index (χ3v) is 5.71. The molecule has 7 nitrogen and oxygen atoms in total. The van der Waals surface area contributed by atoms with Gasteiger partial charge in [0.25, 0.3) is 5.91 Å². The Balaban J connectivity index is 1.94. The van der Waals surface area contributed by atoms with Crippen molar-refractivity contribution in [2.45, 2.75) is 38.6 Å². The van der Waals surface area contributed by atoms with Gasteiger partial charge in [0, 0.05) is 13.0 Å². The molecule has 1 aromatic carbocycles. The molecule has 2 rings (SSSR count). The zero-order chi connectivity index (χ0) is 21.4. The van der Waals surface area contributed by atoms with Gasteiger partial charge in [-0.1, -0.05) is 55.9 Å². The Labute approximate surface area is 179 Å². The van der Waals surface area contributed by atoms with Crippen LogP contribution in [0.5, 0.6) is 5.75 Å². The number of carbonyl (C=O) groups is 3. The standard InChI is InChI=1S/C20H24N2O5S2/c1-3-4-5-15(19(25)26)21-17(23)10-11-22-18(24)16(29-20(22)28)12-13-6-8-14(27-2)9-7-13/h6-9,12,15H,3-5,10-11H2,1-2H3,(H,21,23)(H,25,26). The number of nitrogens with zero attached hydrogens (tertiary/aromatic N) is 1. The number of carbonyl (C=O) groups excluding carboxylic acids is 2. The van der Waals surface area contributed by atoms with Gasteiger partial charge in [-0.3, -0.25) is 14.5 Å². The van der Waals surface area contributed by atoms with Crippen molar-refractivity contribution in [2.24, 2.45) is 0 Å². The van der Waals surface area contributed by atoms with Gasteiger partial charge in [-0.05, 0) is 30.2 Å². The molecule has 1 aliphatic heterocycles. The maximum Gasteiger partial charge on any atom is 0.326 e. The van der Waals surface area contributed by atoms with Crippen LogP contribution in [0.15, 0.2) is 29.2 Å². The number of ether oxygens (including phenoxy) is 1. The molecule has 1 fully saturated rings. The summed E-state index contributed by atoms with van der Waals surface area (Å²) >= 11 is 6.45. The highest BCUT2D eigenvalue weighted by Crippen LogP contribution is 2.32. The molecule has 0 radical (unpaired) electrons. The summed E-state index contributed by atoms with van der Waals surface area (Å²) < 4.78 is 5.49. The number of carboxylic acids is 1. The summed E-state index contributed by atoms with van der Waals surface area (Å²) in [5, 5.41) is 11.7. The Morgan fingerprint density at radius 3 is 2.62 bits per heavy atom. The lowest BCUT2D eigenvalue weighted by Gasteiger charge is -2.17. The normalized spacial score (nSPS) is 16.2. The van der Waals surface area contributed by atoms with Crippen LogP contribution in [0.25, 0.3) is 6.08 Å². The molecule has 29 heavy (non-hydrogen) atoms. The molecule has 1 aromatic rings. The first-order chi connectivity index (χ1) is 13.8. The van der Waals surface area contributed by atoms with Crippen LogP contribution in [-0.2, 0) is 14.4 Å². The molecule has 0 bridgehead atoms. The van der Waals surface area contributed by atoms with E-state index < -0.39 is 17.9 Å². The average Bonchev–Trinajstić information content (AvgIpc) is 2.96. The Morgan fingerprint density at radius 2 is 2.03 bits per heavy atom. The molecule has 9 heteroatoms. The van der Waals surface area contributed by atoms with E-state index in [-0.39, 0.29) is 18.9 Å². The van der Waals surface area contributed by atoms with E-state index in [1.54, 1.807) is 25.3 Å². The van der Waals surface area contributed by atoms with Crippen molar-refractivity contribution in [3.63, 3.8) is 0 Å². The number of hydrogen-bond donors (Lipinski definition) is 2. The number of rotatable bonds is 10. The van der Waals surface area contributed by atoms with E-state index in [2.05, 4.69) is 5.32 Å². The molecule has 1 saturated heterocycles. The molecule has 0 spiro atoms. The minimum atomic E-state index is -1.06. The largest absolute Gasteiger partial charge is 0.497 e. The van der Waals surface area contributed by atoms with Crippen molar-refractivity contribution >= 4 is 52.2 Å². The van der Waals surface area contributed by atoms with E-state index in [1.165, 1.54) is 16.7 Å². The zero-order valence-electron chi connectivity index (χ0n) is 16.3. The smallest absolute Gasteiger partial charge is 0.326 e. The molecule has 2 amide bonds. The van der Waals surface area contributed by atoms with Crippen LogP contribution >= 0.6 is 24.0 Å². The SMILES string of the molecule is CCCCC(NC(=O)CCN1C(=O)C(=Cc2ccc(OC)cc2)SC1=S)C(=O)O. The number of methoxy groups -OCH3 is 1. The van der Waals surface area contributed by atoms with E-state index in [9.17, 15) is 19.5 Å². The number of aliphatic carboxylic acids is 1. The number of thiocarbonyl (C=S) groups is 1. The third-order valence-electron chi connectivity index (χ3n) is 4.33. The lowest BCUT2D eigenvalue weighted by molar-refractivity contribution is -0.142. The number of carboxylic acid groups (broad SMARTS) is 1. The topological polar surface area (TPSA) is 95.9 Å². The van der Waals surface area contributed by atoms with Crippen molar-refractivity contribution in [1.82, 2.24) is 10.2 Å². The second-order valence-corrected chi connectivity index (χ2v) is 8.13. The van der Waals surface area contributed by atoms with E-state index in [1.807, 2.05) is 19.1 Å². The summed E-state index contributed by atoms with van der Waals surface area (Å²) in [5.74, 6) is -1.01. The van der Waals surface area contributed by atoms with Gasteiger partial charge in [0.2, 0.25) is 5.91 Å². The molecule has 0 aromatic heterocycles. The highest BCUT2D eigenvalue weighted by molar-refractivity contribution is 8.26. The van der Waals surface area contributed by atoms with E-state index >= 15 is 0 Å². The summed E-state index contributed by atoms with van der Waals surface area (Å²) in [6.07, 6.45) is 3.66. The molecular weight excluding hydrogens is 412 g/mol. The molecule has 2 N–H and O–H groups in total. The van der Waals surface area contributed by atoms with Crippen LogP contribution < -0.4 is 10.1 Å². The first kappa shape index (κ1) is 22.9. The van der Waals surface area contributed by atoms with Gasteiger partial charge in [0.05, 0.1) is 12.0 Å². The summed E-state index contributed by atoms with van der Waals surface area (Å²) in [4.78, 5) is 37.9. The molecule has 1 heterocycles. The second kappa shape index (κ2) is 11.0. The number of benzene rings is 1. The van der Waals surface area contributed by atoms with Gasteiger partial charge in [-0.25, -0.2) is 4.79 Å². The Hall–Kier alpha value is -2.39. The van der Waals surface area contributed by atoms with Gasteiger partial charge in [0.15, 0.2) is 0 Å². The summed E-state index contributed by atoms with van der Waals surface area (Å²) in [6.45, 7) is 2.06. The average molecular weight is 437 g/mol. The molecule has 1 atom stereocenters. The van der Waals surface area contributed by atoms with Crippen LogP contribution in [0.1, 0.15) is 38.2 Å². The minimum absolute atomic E-state index is 0.0157. The quantitative estimate of drug-likeness (QED) is 0.430. The van der Waals surface area contributed by atoms with Gasteiger partial charge in [-0.15, -0.1) is 0 Å². The number of nitrogens with one attached hydrogen (secondary N) is 1. The third kappa shape index (κ3) is 6.57. The predicted octanol–water partition coefficient (Wildman–Crippen LogP) is 3.05. The molecule has 156 valence electrons. The lowest BCUT2D eigenvalue weighted by Crippen LogP contribution is -2.42. The fourth-order valence-electron chi connectivity index (χ4n) is 2.69. The van der Waals surface area contributed by atoms with Crippen LogP contribution in [0.2, 0.25) is 0 Å². The molecule has 0 saturated carbocycles. The van der Waals surface area contributed by atoms with Crippen LogP contribution in [0.3, 0.4) is 0 Å². The van der Waals surface area contributed by atoms with E-state index in [4.69, 9.17) is 17.0 Å². The number of amides is 2. The first-order valence-corrected chi connectivity index (χ1v) is 10.5. The summed E-state index contributed by atoms with van der Waals surface area (Å²) in [7, 11) is 1.58. The molecule has 1 aliphatic rings. The Kier molecular flexibility index (Phi) is 8.66. The predicted molar refractivity (Wildman–Crippen MR) is 117 cm³/mol. The molecule has 1 unspecified atom stereocenters. The van der Waals surface area contributed by atoms with E-state index in [0.717, 1.165) is 17.7 Å². The van der Waals surface area contributed by atoms with Crippen molar-refractivity contribution in [3.05, 3.63) is 34.7 Å². The second-order valence-electron chi connectivity index (χ2n) is 6.46. The summed E-state index contributed by atoms with van der Waals surface area (Å²) in [5.41, 5.74) is 0.837. The van der Waals surface area contributed by atoms with E-state index in [0.29, 0.717) is 22.1 Å². The van der Waals surface area contributed by atoms with Crippen LogP contribution in [0.4, 0.5) is 0 Å². The van der Waals surface area contributed by atoms with Crippen molar-refractivity contribution < 1.29 is 24.2 Å². The van der Waals surface area contributed by atoms with Crippen LogP contribution in [0, 0.1) is 0 Å². The lowest BCUT2D eigenvalue weighted by atomic mass is 10.1. The molecule has 0 aliphatic carbocycles. The first-order valence-electron chi connectivity index (χ1n) is 9.27. The van der Waals surface area contributed by atoms with Gasteiger partial charge >= 0.3 is 5.97 Å². The van der Waals surface area contributed by atoms with Crippen LogP contribution in [-0.4, -0.2) is 51.8 Å². The minimum Gasteiger partial charge on any atom is -0.497 e. The van der Waals surface area contributed by atoms with Gasteiger partial charge < -0.3 is 15.2 Å². The maximum atomic E-state index is 12.6. The van der Waals surface area contributed by atoms with Gasteiger partial charge in [0.1, 0.15) is 16.1 Å². The number of unbranched alkanes of at least 4 members (excludes halogenated alkanes) is 1. The highest BCUT2D eigenvalue weighted by atomic mass is 32.2. The number of thioether (sulfide) groups is 1. The van der Waals surface area contributed by atoms with Crippen molar-refractivity contribution in [3.8, 4) is 5.75 Å². The fourth-order valence-corrected chi connectivity index (χ4v) is 4.00. The summed E-state index contributed by atoms with van der Waals surface area (Å²) in [6, 6.07) is 6.36. The highest BCUT2D eigenvalue weighted by Gasteiger charge is 2.32. The fraction of sp³-hybridized carbons (Fsp3) is 0.400. The van der Waals surface area contributed by atoms with Gasteiger partial charge in [-0.2, -0.15) is 0 Å². The monoisotopic (exact) mass is 436 g/mol. The maximum absolute atomic E-state index is 12.6. The number of hydrogen-bond acceptors (Lipinski definition) is 6. The zero-order valence-corrected chi connectivity index (χ0v) is 18.0. The van der Waals surface area contributed by atoms with Crippen molar-refractivity contribution in [1.29, 1.82) is 0 Å².